The highest BCUT2D eigenvalue weighted by molar-refractivity contribution is 6.40. The van der Waals surface area contributed by atoms with Crippen molar-refractivity contribution in [2.24, 2.45) is 0 Å². The Morgan fingerprint density at radius 3 is 2.37 bits per heavy atom. The monoisotopic (exact) mass is 299 g/mol. The summed E-state index contributed by atoms with van der Waals surface area (Å²) in [6.07, 6.45) is 1.31. The normalized spacial score (nSPS) is 11.2. The van der Waals surface area contributed by atoms with Crippen molar-refractivity contribution < 1.29 is 9.90 Å². The standard InChI is InChI=1S/C13H11Cl2NO3/c1-6(2)16-5-7(13(18)19)12(17)10-8(14)3-4-9(15)11(10)16/h3-6H,1-2H3,(H,18,19). The molecule has 0 bridgehead atoms. The van der Waals surface area contributed by atoms with Gasteiger partial charge >= 0.3 is 5.97 Å². The molecule has 0 unspecified atom stereocenters. The molecule has 0 aliphatic heterocycles. The SMILES string of the molecule is CC(C)n1cc(C(=O)O)c(=O)c2c(Cl)ccc(Cl)c21. The number of hydrogen-bond donors (Lipinski definition) is 1. The molecule has 19 heavy (non-hydrogen) atoms. The predicted molar refractivity (Wildman–Crippen MR) is 75.6 cm³/mol. The lowest BCUT2D eigenvalue weighted by molar-refractivity contribution is 0.0695. The van der Waals surface area contributed by atoms with Gasteiger partial charge in [0.25, 0.3) is 0 Å². The fourth-order valence-corrected chi connectivity index (χ4v) is 2.46. The topological polar surface area (TPSA) is 59.3 Å². The van der Waals surface area contributed by atoms with E-state index in [-0.39, 0.29) is 22.0 Å². The summed E-state index contributed by atoms with van der Waals surface area (Å²) in [6.45, 7) is 3.74. The molecular formula is C13H11Cl2NO3. The van der Waals surface area contributed by atoms with Gasteiger partial charge in [-0.05, 0) is 26.0 Å². The number of carboxylic acids is 1. The molecule has 0 atom stereocenters. The van der Waals surface area contributed by atoms with E-state index in [1.807, 2.05) is 13.8 Å². The van der Waals surface area contributed by atoms with E-state index in [4.69, 9.17) is 28.3 Å². The molecule has 0 aliphatic carbocycles. The number of halogens is 2. The van der Waals surface area contributed by atoms with Crippen LogP contribution in [-0.4, -0.2) is 15.6 Å². The van der Waals surface area contributed by atoms with E-state index in [0.717, 1.165) is 0 Å². The maximum absolute atomic E-state index is 12.2. The molecule has 0 amide bonds. The van der Waals surface area contributed by atoms with Crippen LogP contribution in [0, 0.1) is 0 Å². The van der Waals surface area contributed by atoms with Crippen molar-refractivity contribution >= 4 is 40.1 Å². The zero-order valence-electron chi connectivity index (χ0n) is 10.3. The summed E-state index contributed by atoms with van der Waals surface area (Å²) >= 11 is 12.1. The van der Waals surface area contributed by atoms with Gasteiger partial charge in [-0.25, -0.2) is 4.79 Å². The van der Waals surface area contributed by atoms with E-state index in [9.17, 15) is 9.59 Å². The van der Waals surface area contributed by atoms with Crippen LogP contribution in [0.5, 0.6) is 0 Å². The molecule has 100 valence electrons. The highest BCUT2D eigenvalue weighted by atomic mass is 35.5. The van der Waals surface area contributed by atoms with Crippen molar-refractivity contribution in [2.45, 2.75) is 19.9 Å². The number of pyridine rings is 1. The van der Waals surface area contributed by atoms with Crippen molar-refractivity contribution in [1.29, 1.82) is 0 Å². The molecule has 1 heterocycles. The first-order valence-corrected chi connectivity index (χ1v) is 6.36. The minimum Gasteiger partial charge on any atom is -0.477 e. The number of fused-ring (bicyclic) bond motifs is 1. The Hall–Kier alpha value is -1.52. The number of hydrogen-bond acceptors (Lipinski definition) is 2. The van der Waals surface area contributed by atoms with Crippen LogP contribution < -0.4 is 5.43 Å². The molecule has 2 aromatic rings. The van der Waals surface area contributed by atoms with Gasteiger partial charge in [0.15, 0.2) is 0 Å². The van der Waals surface area contributed by atoms with E-state index < -0.39 is 11.4 Å². The number of rotatable bonds is 2. The zero-order chi connectivity index (χ0) is 14.3. The Kier molecular flexibility index (Phi) is 3.56. The van der Waals surface area contributed by atoms with E-state index in [1.54, 1.807) is 10.6 Å². The highest BCUT2D eigenvalue weighted by Crippen LogP contribution is 2.29. The Morgan fingerprint density at radius 1 is 1.26 bits per heavy atom. The summed E-state index contributed by atoms with van der Waals surface area (Å²) in [5.41, 5.74) is -0.476. The summed E-state index contributed by atoms with van der Waals surface area (Å²) in [6, 6.07) is 3.02. The zero-order valence-corrected chi connectivity index (χ0v) is 11.8. The highest BCUT2D eigenvalue weighted by Gasteiger charge is 2.19. The van der Waals surface area contributed by atoms with Crippen LogP contribution in [-0.2, 0) is 0 Å². The van der Waals surface area contributed by atoms with Crippen LogP contribution >= 0.6 is 23.2 Å². The molecule has 0 aliphatic rings. The van der Waals surface area contributed by atoms with Gasteiger partial charge in [-0.2, -0.15) is 0 Å². The lowest BCUT2D eigenvalue weighted by Gasteiger charge is -2.17. The molecule has 0 radical (unpaired) electrons. The van der Waals surface area contributed by atoms with E-state index >= 15 is 0 Å². The average molecular weight is 300 g/mol. The van der Waals surface area contributed by atoms with Crippen LogP contribution in [0.1, 0.15) is 30.2 Å². The molecule has 6 heteroatoms. The van der Waals surface area contributed by atoms with Crippen LogP contribution in [0.2, 0.25) is 10.0 Å². The van der Waals surface area contributed by atoms with Crippen molar-refractivity contribution in [3.63, 3.8) is 0 Å². The largest absolute Gasteiger partial charge is 0.477 e. The molecule has 1 aromatic heterocycles. The quantitative estimate of drug-likeness (QED) is 0.922. The van der Waals surface area contributed by atoms with E-state index in [2.05, 4.69) is 0 Å². The van der Waals surface area contributed by atoms with Gasteiger partial charge in [0, 0.05) is 12.2 Å². The fraction of sp³-hybridized carbons (Fsp3) is 0.231. The number of aromatic carboxylic acids is 1. The first-order chi connectivity index (χ1) is 8.84. The van der Waals surface area contributed by atoms with Gasteiger partial charge in [0.1, 0.15) is 5.56 Å². The second kappa shape index (κ2) is 4.87. The summed E-state index contributed by atoms with van der Waals surface area (Å²) in [5, 5.41) is 9.80. The van der Waals surface area contributed by atoms with Crippen LogP contribution in [0.25, 0.3) is 10.9 Å². The molecule has 4 nitrogen and oxygen atoms in total. The van der Waals surface area contributed by atoms with Crippen molar-refractivity contribution in [3.8, 4) is 0 Å². The molecule has 0 saturated heterocycles. The summed E-state index contributed by atoms with van der Waals surface area (Å²) < 4.78 is 1.65. The molecule has 0 spiro atoms. The van der Waals surface area contributed by atoms with Crippen LogP contribution in [0.15, 0.2) is 23.1 Å². The number of benzene rings is 1. The molecule has 0 fully saturated rings. The minimum absolute atomic E-state index is 0.0582. The van der Waals surface area contributed by atoms with Gasteiger partial charge in [-0.15, -0.1) is 0 Å². The number of carbonyl (C=O) groups is 1. The summed E-state index contributed by atoms with van der Waals surface area (Å²) in [4.78, 5) is 23.3. The van der Waals surface area contributed by atoms with Gasteiger partial charge < -0.3 is 9.67 Å². The molecule has 0 saturated carbocycles. The minimum atomic E-state index is -1.28. The summed E-state index contributed by atoms with van der Waals surface area (Å²) in [7, 11) is 0. The Labute approximate surface area is 119 Å². The first kappa shape index (κ1) is 13.9. The number of nitrogens with zero attached hydrogens (tertiary/aromatic N) is 1. The third-order valence-electron chi connectivity index (χ3n) is 2.86. The van der Waals surface area contributed by atoms with Crippen LogP contribution in [0.4, 0.5) is 0 Å². The Morgan fingerprint density at radius 2 is 1.84 bits per heavy atom. The van der Waals surface area contributed by atoms with Gasteiger partial charge in [-0.3, -0.25) is 4.79 Å². The van der Waals surface area contributed by atoms with Crippen molar-refractivity contribution in [1.82, 2.24) is 4.57 Å². The smallest absolute Gasteiger partial charge is 0.341 e. The number of carboxylic acid groups (broad SMARTS) is 1. The molecule has 2 rings (SSSR count). The Bertz CT molecular complexity index is 735. The van der Waals surface area contributed by atoms with E-state index in [1.165, 1.54) is 12.3 Å². The maximum Gasteiger partial charge on any atom is 0.341 e. The van der Waals surface area contributed by atoms with Crippen LogP contribution in [0.3, 0.4) is 0 Å². The second-order valence-corrected chi connectivity index (χ2v) is 5.25. The molecular weight excluding hydrogens is 289 g/mol. The Balaban J connectivity index is 3.10. The molecule has 1 aromatic carbocycles. The second-order valence-electron chi connectivity index (χ2n) is 4.43. The van der Waals surface area contributed by atoms with Crippen molar-refractivity contribution in [2.75, 3.05) is 0 Å². The fourth-order valence-electron chi connectivity index (χ4n) is 1.97. The lowest BCUT2D eigenvalue weighted by atomic mass is 10.1. The maximum atomic E-state index is 12.2. The predicted octanol–water partition coefficient (Wildman–Crippen LogP) is 3.59. The molecule has 1 N–H and O–H groups in total. The van der Waals surface area contributed by atoms with Gasteiger partial charge in [0.05, 0.1) is 20.9 Å². The lowest BCUT2D eigenvalue weighted by Crippen LogP contribution is -2.20. The third-order valence-corrected chi connectivity index (χ3v) is 3.48. The average Bonchev–Trinajstić information content (AvgIpc) is 2.32. The van der Waals surface area contributed by atoms with E-state index in [0.29, 0.717) is 10.5 Å². The van der Waals surface area contributed by atoms with Gasteiger partial charge in [-0.1, -0.05) is 23.2 Å². The third kappa shape index (κ3) is 2.22. The van der Waals surface area contributed by atoms with Crippen molar-refractivity contribution in [3.05, 3.63) is 44.2 Å². The van der Waals surface area contributed by atoms with Gasteiger partial charge in [0.2, 0.25) is 5.43 Å². The number of aromatic nitrogens is 1. The first-order valence-electron chi connectivity index (χ1n) is 5.60. The summed E-state index contributed by atoms with van der Waals surface area (Å²) in [5.74, 6) is -1.28.